The maximum Gasteiger partial charge on any atom is 0.229 e. The molecule has 2 aromatic carbocycles. The second-order valence-electron chi connectivity index (χ2n) is 5.39. The fourth-order valence-electron chi connectivity index (χ4n) is 2.26. The topological polar surface area (TPSA) is 54.0 Å². The third kappa shape index (κ3) is 4.60. The first kappa shape index (κ1) is 16.6. The van der Waals surface area contributed by atoms with Gasteiger partial charge in [-0.25, -0.2) is 13.8 Å². The van der Waals surface area contributed by atoms with Crippen molar-refractivity contribution < 1.29 is 13.6 Å². The maximum absolute atomic E-state index is 13.6. The molecule has 1 aromatic heterocycles. The molecule has 0 saturated heterocycles. The molecule has 0 bridgehead atoms. The van der Waals surface area contributed by atoms with Gasteiger partial charge in [-0.05, 0) is 29.8 Å². The van der Waals surface area contributed by atoms with Crippen molar-refractivity contribution in [2.24, 2.45) is 0 Å². The number of carbonyl (C=O) groups excluding carboxylic acids is 1. The molecule has 0 saturated carbocycles. The van der Waals surface area contributed by atoms with Crippen LogP contribution in [0.25, 0.3) is 0 Å². The summed E-state index contributed by atoms with van der Waals surface area (Å²) in [6.07, 6.45) is 1.71. The van der Waals surface area contributed by atoms with Crippen molar-refractivity contribution in [3.63, 3.8) is 0 Å². The number of benzene rings is 2. The minimum absolute atomic E-state index is 0.143. The molecule has 0 aliphatic heterocycles. The molecule has 25 heavy (non-hydrogen) atoms. The summed E-state index contributed by atoms with van der Waals surface area (Å²) in [5.74, 6) is -1.12. The molecule has 0 aliphatic rings. The average Bonchev–Trinajstić information content (AvgIpc) is 2.60. The molecule has 0 spiro atoms. The van der Waals surface area contributed by atoms with Gasteiger partial charge in [0, 0.05) is 6.07 Å². The van der Waals surface area contributed by atoms with Crippen molar-refractivity contribution in [1.29, 1.82) is 0 Å². The summed E-state index contributed by atoms with van der Waals surface area (Å²) in [6.45, 7) is 0. The summed E-state index contributed by atoms with van der Waals surface area (Å²) >= 11 is 0. The Balaban J connectivity index is 1.61. The first-order valence-corrected chi connectivity index (χ1v) is 7.62. The Morgan fingerprint density at radius 3 is 2.48 bits per heavy atom. The van der Waals surface area contributed by atoms with E-state index in [1.54, 1.807) is 12.1 Å². The largest absolute Gasteiger partial charge is 0.352 e. The predicted molar refractivity (Wildman–Crippen MR) is 92.7 cm³/mol. The van der Waals surface area contributed by atoms with Crippen molar-refractivity contribution in [2.75, 3.05) is 10.6 Å². The van der Waals surface area contributed by atoms with E-state index in [0.29, 0.717) is 11.5 Å². The van der Waals surface area contributed by atoms with Gasteiger partial charge in [-0.15, -0.1) is 0 Å². The number of halogens is 2. The van der Waals surface area contributed by atoms with Crippen molar-refractivity contribution >= 4 is 23.1 Å². The third-order valence-electron chi connectivity index (χ3n) is 3.45. The van der Waals surface area contributed by atoms with E-state index in [-0.39, 0.29) is 18.0 Å². The Morgan fingerprint density at radius 2 is 1.80 bits per heavy atom. The standard InChI is InChI=1S/C19H15F2N3O/c20-14-6-8-17(16(21)11-14)23-15-7-9-18(22-12-15)24-19(25)10-13-4-2-1-3-5-13/h1-9,11-12,23H,10H2,(H,22,24,25). The van der Waals surface area contributed by atoms with E-state index in [2.05, 4.69) is 15.6 Å². The van der Waals surface area contributed by atoms with Crippen LogP contribution in [0.1, 0.15) is 5.56 Å². The molecule has 0 radical (unpaired) electrons. The second kappa shape index (κ2) is 7.53. The average molecular weight is 339 g/mol. The van der Waals surface area contributed by atoms with Gasteiger partial charge in [0.2, 0.25) is 5.91 Å². The summed E-state index contributed by atoms with van der Waals surface area (Å²) in [7, 11) is 0. The minimum Gasteiger partial charge on any atom is -0.352 e. The lowest BCUT2D eigenvalue weighted by Crippen LogP contribution is -2.15. The number of rotatable bonds is 5. The van der Waals surface area contributed by atoms with Gasteiger partial charge < -0.3 is 10.6 Å². The molecule has 3 aromatic rings. The van der Waals surface area contributed by atoms with Crippen LogP contribution in [0.5, 0.6) is 0 Å². The Morgan fingerprint density at radius 1 is 1.00 bits per heavy atom. The zero-order valence-corrected chi connectivity index (χ0v) is 13.2. The maximum atomic E-state index is 13.6. The van der Waals surface area contributed by atoms with Crippen molar-refractivity contribution in [1.82, 2.24) is 4.98 Å². The van der Waals surface area contributed by atoms with Crippen LogP contribution in [0.15, 0.2) is 66.9 Å². The number of carbonyl (C=O) groups is 1. The van der Waals surface area contributed by atoms with Crippen LogP contribution < -0.4 is 10.6 Å². The van der Waals surface area contributed by atoms with E-state index in [9.17, 15) is 13.6 Å². The number of nitrogens with one attached hydrogen (secondary N) is 2. The van der Waals surface area contributed by atoms with Crippen molar-refractivity contribution in [2.45, 2.75) is 6.42 Å². The summed E-state index contributed by atoms with van der Waals surface area (Å²) in [6, 6.07) is 15.9. The molecule has 6 heteroatoms. The van der Waals surface area contributed by atoms with Crippen LogP contribution in [0, 0.1) is 11.6 Å². The summed E-state index contributed by atoms with van der Waals surface area (Å²) < 4.78 is 26.5. The monoisotopic (exact) mass is 339 g/mol. The fourth-order valence-corrected chi connectivity index (χ4v) is 2.26. The van der Waals surface area contributed by atoms with Gasteiger partial charge in [0.05, 0.1) is 24.0 Å². The molecule has 3 rings (SSSR count). The Hall–Kier alpha value is -3.28. The van der Waals surface area contributed by atoms with E-state index in [0.717, 1.165) is 17.7 Å². The molecule has 0 aliphatic carbocycles. The first-order chi connectivity index (χ1) is 12.1. The molecule has 126 valence electrons. The van der Waals surface area contributed by atoms with Gasteiger partial charge in [-0.1, -0.05) is 30.3 Å². The van der Waals surface area contributed by atoms with E-state index in [1.165, 1.54) is 12.3 Å². The van der Waals surface area contributed by atoms with E-state index in [1.807, 2.05) is 30.3 Å². The number of hydrogen-bond donors (Lipinski definition) is 2. The lowest BCUT2D eigenvalue weighted by atomic mass is 10.1. The highest BCUT2D eigenvalue weighted by molar-refractivity contribution is 5.91. The van der Waals surface area contributed by atoms with Gasteiger partial charge in [-0.3, -0.25) is 4.79 Å². The van der Waals surface area contributed by atoms with Crippen molar-refractivity contribution in [3.05, 3.63) is 84.1 Å². The Bertz CT molecular complexity index is 868. The van der Waals surface area contributed by atoms with Crippen LogP contribution in [-0.2, 0) is 11.2 Å². The smallest absolute Gasteiger partial charge is 0.229 e. The molecule has 2 N–H and O–H groups in total. The predicted octanol–water partition coefficient (Wildman–Crippen LogP) is 4.28. The highest BCUT2D eigenvalue weighted by atomic mass is 19.1. The second-order valence-corrected chi connectivity index (χ2v) is 5.39. The highest BCUT2D eigenvalue weighted by Crippen LogP contribution is 2.21. The fraction of sp³-hybridized carbons (Fsp3) is 0.0526. The van der Waals surface area contributed by atoms with Crippen molar-refractivity contribution in [3.8, 4) is 0 Å². The third-order valence-corrected chi connectivity index (χ3v) is 3.45. The van der Waals surface area contributed by atoms with E-state index < -0.39 is 11.6 Å². The highest BCUT2D eigenvalue weighted by Gasteiger charge is 2.06. The number of pyridine rings is 1. The van der Waals surface area contributed by atoms with Gasteiger partial charge in [-0.2, -0.15) is 0 Å². The molecule has 4 nitrogen and oxygen atoms in total. The normalized spacial score (nSPS) is 10.3. The SMILES string of the molecule is O=C(Cc1ccccc1)Nc1ccc(Nc2ccc(F)cc2F)cn1. The number of nitrogens with zero attached hydrogens (tertiary/aromatic N) is 1. The van der Waals surface area contributed by atoms with Crippen LogP contribution in [0.4, 0.5) is 26.0 Å². The van der Waals surface area contributed by atoms with Gasteiger partial charge >= 0.3 is 0 Å². The van der Waals surface area contributed by atoms with Gasteiger partial charge in [0.15, 0.2) is 0 Å². The van der Waals surface area contributed by atoms with Crippen LogP contribution in [0.2, 0.25) is 0 Å². The first-order valence-electron chi connectivity index (χ1n) is 7.62. The summed E-state index contributed by atoms with van der Waals surface area (Å²) in [4.78, 5) is 16.1. The Kier molecular flexibility index (Phi) is 4.99. The molecular formula is C19H15F2N3O. The molecular weight excluding hydrogens is 324 g/mol. The summed E-state index contributed by atoms with van der Waals surface area (Å²) in [5, 5.41) is 5.50. The lowest BCUT2D eigenvalue weighted by Gasteiger charge is -2.09. The Labute approximate surface area is 143 Å². The van der Waals surface area contributed by atoms with E-state index >= 15 is 0 Å². The number of amides is 1. The number of hydrogen-bond acceptors (Lipinski definition) is 3. The lowest BCUT2D eigenvalue weighted by molar-refractivity contribution is -0.115. The molecule has 0 atom stereocenters. The molecule has 0 unspecified atom stereocenters. The minimum atomic E-state index is -0.694. The number of aromatic nitrogens is 1. The van der Waals surface area contributed by atoms with Gasteiger partial charge in [0.25, 0.3) is 0 Å². The van der Waals surface area contributed by atoms with E-state index in [4.69, 9.17) is 0 Å². The quantitative estimate of drug-likeness (QED) is 0.729. The van der Waals surface area contributed by atoms with Crippen LogP contribution in [-0.4, -0.2) is 10.9 Å². The van der Waals surface area contributed by atoms with Gasteiger partial charge in [0.1, 0.15) is 17.5 Å². The molecule has 1 heterocycles. The molecule has 1 amide bonds. The summed E-state index contributed by atoms with van der Waals surface area (Å²) in [5.41, 5.74) is 1.57. The zero-order valence-electron chi connectivity index (χ0n) is 13.2. The van der Waals surface area contributed by atoms with Crippen LogP contribution in [0.3, 0.4) is 0 Å². The zero-order chi connectivity index (χ0) is 17.6. The van der Waals surface area contributed by atoms with Crippen LogP contribution >= 0.6 is 0 Å². The molecule has 0 fully saturated rings. The number of anilines is 3.